The lowest BCUT2D eigenvalue weighted by atomic mass is 10.1. The number of rotatable bonds is 3. The molecule has 0 aromatic heterocycles. The lowest BCUT2D eigenvalue weighted by Gasteiger charge is -2.02. The zero-order valence-electron chi connectivity index (χ0n) is 10.4. The number of carbonyl (C=O) groups excluding carboxylic acids is 1. The minimum absolute atomic E-state index is 0.354. The molecule has 0 N–H and O–H groups in total. The van der Waals surface area contributed by atoms with Gasteiger partial charge < -0.3 is 9.47 Å². The van der Waals surface area contributed by atoms with Gasteiger partial charge in [-0.25, -0.2) is 13.2 Å². The fourth-order valence-corrected chi connectivity index (χ4v) is 2.99. The highest BCUT2D eigenvalue weighted by Gasteiger charge is 2.30. The molecule has 0 saturated heterocycles. The fourth-order valence-electron chi connectivity index (χ4n) is 1.72. The predicted octanol–water partition coefficient (Wildman–Crippen LogP) is 1.52. The number of esters is 1. The van der Waals surface area contributed by atoms with Crippen molar-refractivity contribution in [3.8, 4) is 5.75 Å². The number of sulfone groups is 1. The van der Waals surface area contributed by atoms with Crippen molar-refractivity contribution in [3.05, 3.63) is 46.2 Å². The summed E-state index contributed by atoms with van der Waals surface area (Å²) < 4.78 is 33.2. The van der Waals surface area contributed by atoms with Gasteiger partial charge in [-0.1, -0.05) is 12.1 Å². The molecule has 0 amide bonds. The monoisotopic (exact) mass is 280 g/mol. The molecule has 0 unspecified atom stereocenters. The van der Waals surface area contributed by atoms with E-state index in [-0.39, 0.29) is 4.91 Å². The number of allylic oxidation sites excluding steroid dienone is 2. The quantitative estimate of drug-likeness (QED) is 0.785. The molecule has 0 saturated carbocycles. The van der Waals surface area contributed by atoms with Crippen molar-refractivity contribution >= 4 is 21.4 Å². The Balaban J connectivity index is 2.47. The Morgan fingerprint density at radius 2 is 1.95 bits per heavy atom. The number of carbonyl (C=O) groups is 1. The van der Waals surface area contributed by atoms with Crippen LogP contribution in [0.25, 0.3) is 5.57 Å². The van der Waals surface area contributed by atoms with Crippen molar-refractivity contribution < 1.29 is 22.7 Å². The highest BCUT2D eigenvalue weighted by atomic mass is 32.2. The van der Waals surface area contributed by atoms with E-state index < -0.39 is 15.8 Å². The van der Waals surface area contributed by atoms with E-state index in [0.717, 1.165) is 12.5 Å². The van der Waals surface area contributed by atoms with Crippen LogP contribution in [-0.4, -0.2) is 28.6 Å². The first-order chi connectivity index (χ1) is 8.97. The molecule has 0 spiro atoms. The second kappa shape index (κ2) is 4.89. The van der Waals surface area contributed by atoms with Crippen molar-refractivity contribution in [2.75, 3.05) is 14.2 Å². The molecule has 0 radical (unpaired) electrons. The van der Waals surface area contributed by atoms with Gasteiger partial charge in [0.1, 0.15) is 5.75 Å². The normalized spacial score (nSPS) is 16.5. The van der Waals surface area contributed by atoms with E-state index >= 15 is 0 Å². The van der Waals surface area contributed by atoms with Crippen LogP contribution in [0.5, 0.6) is 5.75 Å². The largest absolute Gasteiger partial charge is 0.497 e. The van der Waals surface area contributed by atoms with Crippen LogP contribution in [0.3, 0.4) is 0 Å². The lowest BCUT2D eigenvalue weighted by molar-refractivity contribution is -0.135. The smallest absolute Gasteiger partial charge is 0.349 e. The van der Waals surface area contributed by atoms with Crippen molar-refractivity contribution in [1.29, 1.82) is 0 Å². The summed E-state index contributed by atoms with van der Waals surface area (Å²) in [4.78, 5) is 11.0. The van der Waals surface area contributed by atoms with Crippen LogP contribution in [-0.2, 0) is 19.4 Å². The summed E-state index contributed by atoms with van der Waals surface area (Å²) >= 11 is 0. The molecule has 5 nitrogen and oxygen atoms in total. The van der Waals surface area contributed by atoms with Crippen LogP contribution >= 0.6 is 0 Å². The Morgan fingerprint density at radius 1 is 1.21 bits per heavy atom. The topological polar surface area (TPSA) is 69.7 Å². The summed E-state index contributed by atoms with van der Waals surface area (Å²) in [6, 6.07) is 6.92. The van der Waals surface area contributed by atoms with Gasteiger partial charge in [0, 0.05) is 5.41 Å². The van der Waals surface area contributed by atoms with Gasteiger partial charge in [0.15, 0.2) is 4.91 Å². The molecule has 100 valence electrons. The summed E-state index contributed by atoms with van der Waals surface area (Å²) in [7, 11) is -1.07. The van der Waals surface area contributed by atoms with Crippen LogP contribution in [0.1, 0.15) is 5.56 Å². The second-order valence-electron chi connectivity index (χ2n) is 3.85. The zero-order chi connectivity index (χ0) is 14.0. The third-order valence-electron chi connectivity index (χ3n) is 2.66. The third kappa shape index (κ3) is 2.53. The Labute approximate surface area is 111 Å². The number of hydrogen-bond donors (Lipinski definition) is 0. The van der Waals surface area contributed by atoms with Crippen LogP contribution in [0.4, 0.5) is 0 Å². The molecular weight excluding hydrogens is 268 g/mol. The van der Waals surface area contributed by atoms with E-state index in [2.05, 4.69) is 4.74 Å². The van der Waals surface area contributed by atoms with E-state index in [0.29, 0.717) is 16.9 Å². The van der Waals surface area contributed by atoms with Gasteiger partial charge in [-0.05, 0) is 29.3 Å². The van der Waals surface area contributed by atoms with Gasteiger partial charge in [0.05, 0.1) is 14.2 Å². The third-order valence-corrected chi connectivity index (χ3v) is 4.13. The summed E-state index contributed by atoms with van der Waals surface area (Å²) in [6.07, 6.45) is 1.30. The molecule has 1 aliphatic heterocycles. The predicted molar refractivity (Wildman–Crippen MR) is 70.0 cm³/mol. The molecule has 1 aliphatic rings. The van der Waals surface area contributed by atoms with Crippen molar-refractivity contribution in [3.63, 3.8) is 0 Å². The first-order valence-corrected chi connectivity index (χ1v) is 6.94. The molecule has 6 heteroatoms. The van der Waals surface area contributed by atoms with Crippen molar-refractivity contribution in [1.82, 2.24) is 0 Å². The molecule has 1 heterocycles. The highest BCUT2D eigenvalue weighted by Crippen LogP contribution is 2.31. The van der Waals surface area contributed by atoms with Crippen LogP contribution in [0.15, 0.2) is 40.7 Å². The number of hydrogen-bond acceptors (Lipinski definition) is 5. The van der Waals surface area contributed by atoms with Gasteiger partial charge in [-0.15, -0.1) is 0 Å². The van der Waals surface area contributed by atoms with Gasteiger partial charge in [-0.2, -0.15) is 0 Å². The molecule has 1 aromatic rings. The molecule has 0 fully saturated rings. The number of ether oxygens (including phenoxy) is 2. The van der Waals surface area contributed by atoms with Crippen molar-refractivity contribution in [2.45, 2.75) is 0 Å². The highest BCUT2D eigenvalue weighted by molar-refractivity contribution is 7.99. The van der Waals surface area contributed by atoms with E-state index in [4.69, 9.17) is 4.74 Å². The van der Waals surface area contributed by atoms with Crippen LogP contribution in [0, 0.1) is 0 Å². The SMILES string of the molecule is COC(=O)C1=CC(c2cccc(OC)c2)=CS1(=O)=O. The summed E-state index contributed by atoms with van der Waals surface area (Å²) in [5.74, 6) is -0.259. The van der Waals surface area contributed by atoms with Crippen LogP contribution < -0.4 is 4.74 Å². The first-order valence-electron chi connectivity index (χ1n) is 5.39. The Morgan fingerprint density at radius 3 is 2.58 bits per heavy atom. The van der Waals surface area contributed by atoms with Gasteiger partial charge >= 0.3 is 5.97 Å². The fraction of sp³-hybridized carbons (Fsp3) is 0.154. The molecular formula is C13H12O5S. The van der Waals surface area contributed by atoms with E-state index in [1.807, 2.05) is 0 Å². The molecule has 1 aromatic carbocycles. The van der Waals surface area contributed by atoms with E-state index in [1.165, 1.54) is 13.2 Å². The van der Waals surface area contributed by atoms with E-state index in [9.17, 15) is 13.2 Å². The Hall–Kier alpha value is -2.08. The average molecular weight is 280 g/mol. The zero-order valence-corrected chi connectivity index (χ0v) is 11.2. The maximum absolute atomic E-state index is 11.8. The standard InChI is InChI=1S/C13H12O5S/c1-17-11-5-3-4-9(6-11)10-7-12(13(14)18-2)19(15,16)8-10/h3-8H,1-2H3. The maximum atomic E-state index is 11.8. The Kier molecular flexibility index (Phi) is 3.44. The average Bonchev–Trinajstić information content (AvgIpc) is 2.74. The van der Waals surface area contributed by atoms with E-state index in [1.54, 1.807) is 24.3 Å². The minimum atomic E-state index is -3.73. The second-order valence-corrected chi connectivity index (χ2v) is 5.62. The molecule has 0 atom stereocenters. The summed E-state index contributed by atoms with van der Waals surface area (Å²) in [6.45, 7) is 0. The van der Waals surface area contributed by atoms with Gasteiger partial charge in [-0.3, -0.25) is 0 Å². The number of benzene rings is 1. The molecule has 2 rings (SSSR count). The number of methoxy groups -OCH3 is 2. The molecule has 0 aliphatic carbocycles. The van der Waals surface area contributed by atoms with Crippen molar-refractivity contribution in [2.24, 2.45) is 0 Å². The maximum Gasteiger partial charge on any atom is 0.349 e. The Bertz CT molecular complexity index is 683. The minimum Gasteiger partial charge on any atom is -0.497 e. The summed E-state index contributed by atoms with van der Waals surface area (Å²) in [5, 5.41) is 1.05. The lowest BCUT2D eigenvalue weighted by Crippen LogP contribution is -2.10. The molecule has 19 heavy (non-hydrogen) atoms. The van der Waals surface area contributed by atoms with Gasteiger partial charge in [0.2, 0.25) is 9.84 Å². The first kappa shape index (κ1) is 13.4. The summed E-state index contributed by atoms with van der Waals surface area (Å²) in [5.41, 5.74) is 1.08. The van der Waals surface area contributed by atoms with Crippen LogP contribution in [0.2, 0.25) is 0 Å². The van der Waals surface area contributed by atoms with Gasteiger partial charge in [0.25, 0.3) is 0 Å². The molecule has 0 bridgehead atoms.